The van der Waals surface area contributed by atoms with E-state index in [2.05, 4.69) is 105 Å². The summed E-state index contributed by atoms with van der Waals surface area (Å²) in [5, 5.41) is 2.48. The quantitative estimate of drug-likeness (QED) is 0.201. The number of fused-ring (bicyclic) bond motifs is 6. The number of nitrogens with zero attached hydrogens (tertiary/aromatic N) is 3. The summed E-state index contributed by atoms with van der Waals surface area (Å²) >= 11 is 0. The molecule has 1 saturated carbocycles. The molecule has 0 bridgehead atoms. The van der Waals surface area contributed by atoms with E-state index in [1.165, 1.54) is 45.8 Å². The molecule has 0 amide bonds. The van der Waals surface area contributed by atoms with E-state index in [4.69, 9.17) is 19.5 Å². The van der Waals surface area contributed by atoms with E-state index in [1.807, 2.05) is 18.3 Å². The van der Waals surface area contributed by atoms with Gasteiger partial charge < -0.3 is 9.47 Å². The molecule has 0 N–H and O–H groups in total. The van der Waals surface area contributed by atoms with Crippen molar-refractivity contribution in [3.05, 3.63) is 119 Å². The van der Waals surface area contributed by atoms with Crippen molar-refractivity contribution in [3.8, 4) is 28.4 Å². The lowest BCUT2D eigenvalue weighted by molar-refractivity contribution is 0.153. The van der Waals surface area contributed by atoms with Crippen molar-refractivity contribution in [2.24, 2.45) is 4.99 Å². The lowest BCUT2D eigenvalue weighted by Crippen LogP contribution is -2.27. The van der Waals surface area contributed by atoms with Gasteiger partial charge in [0.05, 0.1) is 17.1 Å². The van der Waals surface area contributed by atoms with Crippen molar-refractivity contribution in [1.29, 1.82) is 0 Å². The van der Waals surface area contributed by atoms with Gasteiger partial charge in [0.15, 0.2) is 0 Å². The summed E-state index contributed by atoms with van der Waals surface area (Å²) in [6.45, 7) is 8.96. The summed E-state index contributed by atoms with van der Waals surface area (Å²) in [4.78, 5) is 10.00. The second-order valence-corrected chi connectivity index (χ2v) is 13.8. The number of aryl methyl sites for hydroxylation is 2. The van der Waals surface area contributed by atoms with Gasteiger partial charge in [0.2, 0.25) is 5.90 Å². The topological polar surface area (TPSA) is 48.6 Å². The smallest absolute Gasteiger partial charge is 0.216 e. The van der Waals surface area contributed by atoms with Crippen LogP contribution >= 0.6 is 0 Å². The van der Waals surface area contributed by atoms with E-state index in [0.717, 1.165) is 63.8 Å². The van der Waals surface area contributed by atoms with Crippen molar-refractivity contribution in [3.63, 3.8) is 0 Å². The molecule has 2 aliphatic heterocycles. The van der Waals surface area contributed by atoms with Crippen LogP contribution in [0.4, 0.5) is 0 Å². The first kappa shape index (κ1) is 27.4. The van der Waals surface area contributed by atoms with Crippen molar-refractivity contribution in [2.45, 2.75) is 70.9 Å². The Hall–Kier alpha value is -4.90. The van der Waals surface area contributed by atoms with Crippen molar-refractivity contribution < 1.29 is 9.47 Å². The first-order valence-electron chi connectivity index (χ1n) is 16.5. The maximum Gasteiger partial charge on any atom is 0.216 e. The fourth-order valence-electron chi connectivity index (χ4n) is 7.97. The molecule has 5 nitrogen and oxygen atoms in total. The molecular weight excluding hydrogens is 566 g/mol. The Kier molecular flexibility index (Phi) is 5.99. The van der Waals surface area contributed by atoms with E-state index in [9.17, 15) is 0 Å². The maximum atomic E-state index is 6.85. The monoisotopic (exact) mass is 603 g/mol. The molecule has 0 saturated heterocycles. The lowest BCUT2D eigenvalue weighted by Gasteiger charge is -2.34. The number of rotatable bonds is 4. The van der Waals surface area contributed by atoms with Crippen LogP contribution in [0, 0.1) is 13.8 Å². The molecule has 6 aromatic rings. The molecule has 4 aromatic carbocycles. The summed E-state index contributed by atoms with van der Waals surface area (Å²) in [7, 11) is 0. The SMILES string of the molecule is Cc1cc2c3c(c1)c1cc(C)c(Oc4cc(C5=N[C@@H]6CCCC[C@@H]6O5)cc(-c5ccccc5)c4)cc1n3-c1ncccc1C2(C)C. The number of benzene rings is 4. The summed E-state index contributed by atoms with van der Waals surface area (Å²) in [5.41, 5.74) is 10.3. The summed E-state index contributed by atoms with van der Waals surface area (Å²) < 4.78 is 15.7. The highest BCUT2D eigenvalue weighted by atomic mass is 16.5. The summed E-state index contributed by atoms with van der Waals surface area (Å²) in [6, 6.07) is 30.6. The predicted octanol–water partition coefficient (Wildman–Crippen LogP) is 9.98. The second-order valence-electron chi connectivity index (χ2n) is 13.8. The molecule has 1 fully saturated rings. The third-order valence-corrected chi connectivity index (χ3v) is 10.3. The molecule has 4 heterocycles. The van der Waals surface area contributed by atoms with E-state index in [-0.39, 0.29) is 17.6 Å². The minimum atomic E-state index is -0.163. The second kappa shape index (κ2) is 10.1. The zero-order valence-corrected chi connectivity index (χ0v) is 26.8. The molecule has 3 aliphatic rings. The molecule has 2 atom stereocenters. The molecule has 228 valence electrons. The Labute approximate surface area is 269 Å². The summed E-state index contributed by atoms with van der Waals surface area (Å²) in [5.74, 6) is 3.32. The highest BCUT2D eigenvalue weighted by molar-refractivity contribution is 6.12. The zero-order chi connectivity index (χ0) is 31.2. The van der Waals surface area contributed by atoms with Gasteiger partial charge in [0, 0.05) is 39.6 Å². The van der Waals surface area contributed by atoms with Gasteiger partial charge in [-0.15, -0.1) is 0 Å². The van der Waals surface area contributed by atoms with Gasteiger partial charge in [-0.3, -0.25) is 4.57 Å². The Morgan fingerprint density at radius 2 is 1.63 bits per heavy atom. The molecule has 1 aliphatic carbocycles. The standard InChI is InChI=1S/C41H37N3O2/c1-24-17-31-30-19-25(2)37(23-35(30)44-38(31)33(18-24)41(3,4)32-13-10-16-42-39(32)44)45-29-21-27(26-11-6-5-7-12-26)20-28(22-29)40-43-34-14-8-9-15-36(34)46-40/h5-7,10-13,16-23,34,36H,8-9,14-15H2,1-4H3/t34-,36+/m1/s1. The van der Waals surface area contributed by atoms with E-state index in [0.29, 0.717) is 0 Å². The summed E-state index contributed by atoms with van der Waals surface area (Å²) in [6.07, 6.45) is 6.69. The molecule has 9 rings (SSSR count). The van der Waals surface area contributed by atoms with Crippen LogP contribution in [0.3, 0.4) is 0 Å². The van der Waals surface area contributed by atoms with Crippen LogP contribution in [0.1, 0.15) is 67.3 Å². The van der Waals surface area contributed by atoms with Crippen LogP contribution in [0.25, 0.3) is 38.8 Å². The van der Waals surface area contributed by atoms with Gasteiger partial charge in [0.25, 0.3) is 0 Å². The van der Waals surface area contributed by atoms with E-state index < -0.39 is 0 Å². The number of aliphatic imine (C=N–C) groups is 1. The zero-order valence-electron chi connectivity index (χ0n) is 26.8. The third kappa shape index (κ3) is 4.14. The minimum absolute atomic E-state index is 0.163. The number of hydrogen-bond donors (Lipinski definition) is 0. The van der Waals surface area contributed by atoms with Gasteiger partial charge >= 0.3 is 0 Å². The minimum Gasteiger partial charge on any atom is -0.472 e. The average molecular weight is 604 g/mol. The fraction of sp³-hybridized carbons (Fsp3) is 0.268. The molecule has 0 radical (unpaired) electrons. The van der Waals surface area contributed by atoms with Crippen LogP contribution in [0.15, 0.2) is 96.1 Å². The Bertz CT molecular complexity index is 2230. The first-order valence-corrected chi connectivity index (χ1v) is 16.5. The molecule has 5 heteroatoms. The largest absolute Gasteiger partial charge is 0.472 e. The van der Waals surface area contributed by atoms with Gasteiger partial charge in [-0.2, -0.15) is 0 Å². The van der Waals surface area contributed by atoms with E-state index >= 15 is 0 Å². The fourth-order valence-corrected chi connectivity index (χ4v) is 7.97. The van der Waals surface area contributed by atoms with E-state index in [1.54, 1.807) is 0 Å². The molecule has 0 unspecified atom stereocenters. The van der Waals surface area contributed by atoms with Crippen LogP contribution in [0.2, 0.25) is 0 Å². The van der Waals surface area contributed by atoms with Crippen molar-refractivity contribution >= 4 is 27.7 Å². The highest BCUT2D eigenvalue weighted by Crippen LogP contribution is 2.48. The van der Waals surface area contributed by atoms with Crippen LogP contribution < -0.4 is 4.74 Å². The first-order chi connectivity index (χ1) is 22.3. The Morgan fingerprint density at radius 3 is 2.48 bits per heavy atom. The van der Waals surface area contributed by atoms with Crippen molar-refractivity contribution in [1.82, 2.24) is 9.55 Å². The normalized spacial score (nSPS) is 19.4. The Morgan fingerprint density at radius 1 is 0.804 bits per heavy atom. The number of ether oxygens (including phenoxy) is 2. The van der Waals surface area contributed by atoms with Gasteiger partial charge in [0.1, 0.15) is 23.4 Å². The lowest BCUT2D eigenvalue weighted by atomic mass is 9.75. The van der Waals surface area contributed by atoms with Crippen molar-refractivity contribution in [2.75, 3.05) is 0 Å². The van der Waals surface area contributed by atoms with Gasteiger partial charge in [-0.1, -0.05) is 68.3 Å². The third-order valence-electron chi connectivity index (χ3n) is 10.3. The van der Waals surface area contributed by atoms with Gasteiger partial charge in [-0.25, -0.2) is 9.98 Å². The average Bonchev–Trinajstić information content (AvgIpc) is 3.64. The maximum absolute atomic E-state index is 6.85. The number of aromatic nitrogens is 2. The van der Waals surface area contributed by atoms with Crippen LogP contribution in [-0.4, -0.2) is 27.6 Å². The molecule has 0 spiro atoms. The Balaban J connectivity index is 1.21. The van der Waals surface area contributed by atoms with Crippen LogP contribution in [-0.2, 0) is 10.2 Å². The number of pyridine rings is 1. The molecule has 2 aromatic heterocycles. The predicted molar refractivity (Wildman–Crippen MR) is 186 cm³/mol. The number of hydrogen-bond acceptors (Lipinski definition) is 4. The molecular formula is C41H37N3O2. The molecule has 46 heavy (non-hydrogen) atoms. The highest BCUT2D eigenvalue weighted by Gasteiger charge is 2.37. The van der Waals surface area contributed by atoms with Gasteiger partial charge in [-0.05, 0) is 91.8 Å². The van der Waals surface area contributed by atoms with Crippen LogP contribution in [0.5, 0.6) is 11.5 Å².